The Hall–Kier alpha value is -2.23. The van der Waals surface area contributed by atoms with Crippen LogP contribution >= 0.6 is 0 Å². The molecule has 130 valence electrons. The lowest BCUT2D eigenvalue weighted by Crippen LogP contribution is -2.12. The highest BCUT2D eigenvalue weighted by Crippen LogP contribution is 2.27. The van der Waals surface area contributed by atoms with E-state index in [0.29, 0.717) is 12.2 Å². The third-order valence-corrected chi connectivity index (χ3v) is 3.58. The minimum Gasteiger partial charge on any atom is -0.462 e. The zero-order valence-electron chi connectivity index (χ0n) is 15.4. The molecule has 0 spiro atoms. The first-order chi connectivity index (χ1) is 11.6. The SMILES string of the molecule is C/C=C(\C=NC)c1c(C(=O)OCCC)cnc(C)c1/C=C\CCC. The highest BCUT2D eigenvalue weighted by atomic mass is 16.5. The first-order valence-electron chi connectivity index (χ1n) is 8.52. The molecule has 0 aliphatic rings. The normalized spacial score (nSPS) is 12.3. The Morgan fingerprint density at radius 3 is 2.67 bits per heavy atom. The molecule has 0 saturated carbocycles. The van der Waals surface area contributed by atoms with Crippen LogP contribution in [-0.4, -0.2) is 30.8 Å². The van der Waals surface area contributed by atoms with E-state index in [0.717, 1.165) is 41.7 Å². The summed E-state index contributed by atoms with van der Waals surface area (Å²) in [6.07, 6.45) is 12.3. The molecule has 0 saturated heterocycles. The minimum atomic E-state index is -0.339. The number of allylic oxidation sites excluding steroid dienone is 3. The fourth-order valence-corrected chi connectivity index (χ4v) is 2.35. The molecule has 1 aromatic rings. The van der Waals surface area contributed by atoms with Crippen LogP contribution in [0.1, 0.15) is 67.2 Å². The molecule has 4 heteroatoms. The van der Waals surface area contributed by atoms with Gasteiger partial charge < -0.3 is 4.74 Å². The van der Waals surface area contributed by atoms with Gasteiger partial charge in [-0.1, -0.05) is 38.5 Å². The number of aryl methyl sites for hydroxylation is 1. The number of hydrogen-bond acceptors (Lipinski definition) is 4. The lowest BCUT2D eigenvalue weighted by molar-refractivity contribution is 0.0504. The van der Waals surface area contributed by atoms with Crippen LogP contribution in [-0.2, 0) is 4.74 Å². The molecule has 0 radical (unpaired) electrons. The van der Waals surface area contributed by atoms with Gasteiger partial charge in [0.1, 0.15) is 0 Å². The second-order valence-electron chi connectivity index (χ2n) is 5.50. The van der Waals surface area contributed by atoms with Crippen molar-refractivity contribution in [2.24, 2.45) is 4.99 Å². The number of aliphatic imine (C=N–C) groups is 1. The molecule has 0 amide bonds. The average molecular weight is 328 g/mol. The molecular formula is C20H28N2O2. The molecule has 1 aromatic heterocycles. The van der Waals surface area contributed by atoms with E-state index in [4.69, 9.17) is 4.74 Å². The molecule has 0 N–H and O–H groups in total. The van der Waals surface area contributed by atoms with Crippen molar-refractivity contribution in [3.63, 3.8) is 0 Å². The summed E-state index contributed by atoms with van der Waals surface area (Å²) in [7, 11) is 1.72. The van der Waals surface area contributed by atoms with E-state index in [2.05, 4.69) is 23.0 Å². The van der Waals surface area contributed by atoms with Gasteiger partial charge in [-0.05, 0) is 32.3 Å². The number of carbonyl (C=O) groups excluding carboxylic acids is 1. The first kappa shape index (κ1) is 19.8. The van der Waals surface area contributed by atoms with Gasteiger partial charge >= 0.3 is 5.97 Å². The minimum absolute atomic E-state index is 0.339. The van der Waals surface area contributed by atoms with E-state index in [9.17, 15) is 4.79 Å². The molecule has 0 unspecified atom stereocenters. The van der Waals surface area contributed by atoms with Crippen molar-refractivity contribution in [3.8, 4) is 0 Å². The summed E-state index contributed by atoms with van der Waals surface area (Å²) >= 11 is 0. The molecule has 4 nitrogen and oxygen atoms in total. The van der Waals surface area contributed by atoms with Crippen LogP contribution in [0.25, 0.3) is 11.6 Å². The van der Waals surface area contributed by atoms with Crippen LogP contribution in [0.3, 0.4) is 0 Å². The van der Waals surface area contributed by atoms with Gasteiger partial charge in [0.05, 0.1) is 12.2 Å². The summed E-state index contributed by atoms with van der Waals surface area (Å²) < 4.78 is 5.34. The monoisotopic (exact) mass is 328 g/mol. The molecule has 1 heterocycles. The second kappa shape index (κ2) is 10.5. The van der Waals surface area contributed by atoms with Gasteiger partial charge in [0.15, 0.2) is 0 Å². The molecule has 0 atom stereocenters. The number of carbonyl (C=O) groups is 1. The fraction of sp³-hybridized carbons (Fsp3) is 0.450. The number of ether oxygens (including phenoxy) is 1. The van der Waals surface area contributed by atoms with E-state index < -0.39 is 0 Å². The quantitative estimate of drug-likeness (QED) is 0.505. The highest BCUT2D eigenvalue weighted by molar-refractivity contribution is 6.14. The summed E-state index contributed by atoms with van der Waals surface area (Å²) in [5, 5.41) is 0. The number of rotatable bonds is 8. The predicted molar refractivity (Wildman–Crippen MR) is 102 cm³/mol. The highest BCUT2D eigenvalue weighted by Gasteiger charge is 2.19. The predicted octanol–water partition coefficient (Wildman–Crippen LogP) is 4.87. The Bertz CT molecular complexity index is 643. The van der Waals surface area contributed by atoms with Crippen molar-refractivity contribution >= 4 is 23.8 Å². The molecule has 1 rings (SSSR count). The summed E-state index contributed by atoms with van der Waals surface area (Å²) in [6.45, 7) is 8.40. The molecule has 24 heavy (non-hydrogen) atoms. The Morgan fingerprint density at radius 1 is 1.33 bits per heavy atom. The maximum atomic E-state index is 12.5. The Balaban J connectivity index is 3.53. The van der Waals surface area contributed by atoms with Crippen LogP contribution < -0.4 is 0 Å². The van der Waals surface area contributed by atoms with Gasteiger partial charge in [0, 0.05) is 36.3 Å². The Labute approximate surface area is 145 Å². The number of unbranched alkanes of at least 4 members (excludes halogenated alkanes) is 1. The first-order valence-corrected chi connectivity index (χ1v) is 8.52. The van der Waals surface area contributed by atoms with Gasteiger partial charge in [-0.3, -0.25) is 9.98 Å². The van der Waals surface area contributed by atoms with Crippen LogP contribution in [0.5, 0.6) is 0 Å². The average Bonchev–Trinajstić information content (AvgIpc) is 2.59. The standard InChI is InChI=1S/C20H28N2O2/c1-6-9-10-11-17-15(4)22-14-18(20(23)24-12-7-2)19(17)16(8-3)13-21-5/h8,10-11,13-14H,6-7,9,12H2,1-5H3/b11-10-,16-8+,21-13?. The number of hydrogen-bond donors (Lipinski definition) is 0. The fourth-order valence-electron chi connectivity index (χ4n) is 2.35. The van der Waals surface area contributed by atoms with E-state index in [1.165, 1.54) is 0 Å². The summed E-state index contributed by atoms with van der Waals surface area (Å²) in [5.74, 6) is -0.339. The van der Waals surface area contributed by atoms with Gasteiger partial charge in [0.25, 0.3) is 0 Å². The van der Waals surface area contributed by atoms with Crippen molar-refractivity contribution in [1.29, 1.82) is 0 Å². The summed E-state index contributed by atoms with van der Waals surface area (Å²) in [6, 6.07) is 0. The molecule has 0 aliphatic heterocycles. The zero-order chi connectivity index (χ0) is 17.9. The van der Waals surface area contributed by atoms with Crippen molar-refractivity contribution in [1.82, 2.24) is 4.98 Å². The van der Waals surface area contributed by atoms with Crippen molar-refractivity contribution in [2.45, 2.75) is 47.0 Å². The van der Waals surface area contributed by atoms with Crippen LogP contribution in [0.4, 0.5) is 0 Å². The van der Waals surface area contributed by atoms with Crippen molar-refractivity contribution in [3.05, 3.63) is 40.7 Å². The number of nitrogens with zero attached hydrogens (tertiary/aromatic N) is 2. The molecule has 0 bridgehead atoms. The van der Waals surface area contributed by atoms with Crippen LogP contribution in [0.15, 0.2) is 23.3 Å². The van der Waals surface area contributed by atoms with Crippen molar-refractivity contribution in [2.75, 3.05) is 13.7 Å². The largest absolute Gasteiger partial charge is 0.462 e. The lowest BCUT2D eigenvalue weighted by atomic mass is 9.94. The lowest BCUT2D eigenvalue weighted by Gasteiger charge is -2.15. The maximum Gasteiger partial charge on any atom is 0.340 e. The summed E-state index contributed by atoms with van der Waals surface area (Å²) in [5.41, 5.74) is 4.04. The number of pyridine rings is 1. The maximum absolute atomic E-state index is 12.5. The van der Waals surface area contributed by atoms with Gasteiger partial charge in [-0.2, -0.15) is 0 Å². The van der Waals surface area contributed by atoms with E-state index >= 15 is 0 Å². The smallest absolute Gasteiger partial charge is 0.340 e. The number of aromatic nitrogens is 1. The molecule has 0 aliphatic carbocycles. The van der Waals surface area contributed by atoms with Crippen LogP contribution in [0, 0.1) is 6.92 Å². The number of esters is 1. The molecular weight excluding hydrogens is 300 g/mol. The van der Waals surface area contributed by atoms with Gasteiger partial charge in [0.2, 0.25) is 0 Å². The van der Waals surface area contributed by atoms with Gasteiger partial charge in [-0.25, -0.2) is 4.79 Å². The van der Waals surface area contributed by atoms with Crippen LogP contribution in [0.2, 0.25) is 0 Å². The zero-order valence-corrected chi connectivity index (χ0v) is 15.4. The second-order valence-corrected chi connectivity index (χ2v) is 5.50. The van der Waals surface area contributed by atoms with Gasteiger partial charge in [-0.15, -0.1) is 0 Å². The molecule has 0 fully saturated rings. The third-order valence-electron chi connectivity index (χ3n) is 3.58. The van der Waals surface area contributed by atoms with E-state index in [1.54, 1.807) is 19.5 Å². The Morgan fingerprint density at radius 2 is 2.08 bits per heavy atom. The van der Waals surface area contributed by atoms with Crippen molar-refractivity contribution < 1.29 is 9.53 Å². The summed E-state index contributed by atoms with van der Waals surface area (Å²) in [4.78, 5) is 21.0. The Kier molecular flexibility index (Phi) is 8.69. The van der Waals surface area contributed by atoms with E-state index in [1.807, 2.05) is 32.9 Å². The molecule has 0 aromatic carbocycles. The van der Waals surface area contributed by atoms with E-state index in [-0.39, 0.29) is 5.97 Å². The third kappa shape index (κ3) is 5.15. The topological polar surface area (TPSA) is 51.5 Å².